The number of carbonyl (C=O) groups is 3. The highest BCUT2D eigenvalue weighted by molar-refractivity contribution is 8.13. The number of aliphatic hydroxyl groups is 4. The number of hydrogen-bond donors (Lipinski definition) is 11. The molecule has 5 aliphatic rings. The molecule has 4 saturated carbocycles. The lowest BCUT2D eigenvalue weighted by Gasteiger charge is -2.66. The number of nitrogen functional groups attached to an aromatic ring is 1. The number of aromatic nitrogens is 4. The average Bonchev–Trinajstić information content (AvgIpc) is 3.95. The second kappa shape index (κ2) is 25.0. The Labute approximate surface area is 464 Å². The molecule has 1 aliphatic heterocycles. The third-order valence-corrected chi connectivity index (χ3v) is 22.7. The summed E-state index contributed by atoms with van der Waals surface area (Å²) in [6, 6.07) is 0. The van der Waals surface area contributed by atoms with Crippen molar-refractivity contribution in [2.75, 3.05) is 37.8 Å². The quantitative estimate of drug-likeness (QED) is 0.0482. The smallest absolute Gasteiger partial charge is 0.393 e. The van der Waals surface area contributed by atoms with Gasteiger partial charge in [0, 0.05) is 36.6 Å². The highest BCUT2D eigenvalue weighted by atomic mass is 32.2. The molecule has 1 saturated heterocycles. The number of rotatable bonds is 25. The van der Waals surface area contributed by atoms with Gasteiger partial charge in [0.05, 0.1) is 31.7 Å². The lowest BCUT2D eigenvalue weighted by Crippen LogP contribution is -2.62. The number of phosphoric ester groups is 3. The number of ether oxygens (including phenoxy) is 1. The number of nitrogens with one attached hydrogen (secondary N) is 2. The molecule has 79 heavy (non-hydrogen) atoms. The average molecular weight is 1200 g/mol. The van der Waals surface area contributed by atoms with Crippen molar-refractivity contribution in [2.45, 2.75) is 168 Å². The molecule has 5 fully saturated rings. The van der Waals surface area contributed by atoms with Crippen LogP contribution in [0.1, 0.15) is 132 Å². The Hall–Kier alpha value is -2.52. The second-order valence-corrected chi connectivity index (χ2v) is 29.5. The number of nitrogens with zero attached hydrogens (tertiary/aromatic N) is 4. The van der Waals surface area contributed by atoms with Crippen LogP contribution in [-0.4, -0.2) is 145 Å². The number of imidazole rings is 1. The molecule has 0 bridgehead atoms. The molecule has 26 nitrogen and oxygen atoms in total. The van der Waals surface area contributed by atoms with Gasteiger partial charge in [0.25, 0.3) is 0 Å². The first-order chi connectivity index (χ1) is 36.7. The first-order valence-corrected chi connectivity index (χ1v) is 32.6. The van der Waals surface area contributed by atoms with Gasteiger partial charge in [0.2, 0.25) is 11.8 Å². The molecule has 18 atom stereocenters. The van der Waals surface area contributed by atoms with Crippen molar-refractivity contribution in [3.05, 3.63) is 12.7 Å². The van der Waals surface area contributed by atoms with Gasteiger partial charge in [0.1, 0.15) is 36.3 Å². The molecular formula is C49H82N7O19P3S. The van der Waals surface area contributed by atoms with E-state index in [1.54, 1.807) is 0 Å². The minimum absolute atomic E-state index is 0.0291. The zero-order chi connectivity index (χ0) is 58.3. The molecule has 0 radical (unpaired) electrons. The molecule has 30 heteroatoms. The van der Waals surface area contributed by atoms with Gasteiger partial charge >= 0.3 is 23.5 Å². The summed E-state index contributed by atoms with van der Waals surface area (Å²) in [7, 11) is -16.5. The first kappa shape index (κ1) is 64.0. The van der Waals surface area contributed by atoms with Crippen LogP contribution in [0.4, 0.5) is 5.82 Å². The molecule has 0 aromatic carbocycles. The maximum Gasteiger partial charge on any atom is 0.481 e. The fraction of sp³-hybridized carbons (Fsp3) is 0.837. The molecule has 0 spiro atoms. The van der Waals surface area contributed by atoms with Gasteiger partial charge < -0.3 is 61.1 Å². The Bertz CT molecular complexity index is 2650. The van der Waals surface area contributed by atoms with E-state index in [-0.39, 0.29) is 76.0 Å². The van der Waals surface area contributed by atoms with Crippen LogP contribution in [0.3, 0.4) is 0 Å². The highest BCUT2D eigenvalue weighted by Crippen LogP contribution is 2.71. The number of amides is 2. The molecule has 3 unspecified atom stereocenters. The van der Waals surface area contributed by atoms with Crippen molar-refractivity contribution >= 4 is 69.1 Å². The topological polar surface area (TPSA) is 404 Å². The second-order valence-electron chi connectivity index (χ2n) is 24.2. The van der Waals surface area contributed by atoms with Crippen LogP contribution in [0.5, 0.6) is 0 Å². The SMILES string of the molecule is CC(CCC[C@@H](C)[C@H]1CC[C@H]2[C@@H]3[C@H](O)C[C@]4(C)C[C@H](O)CC[C@]4(C)[C@H]3CC[C@]12C)C(=O)SCCNC(=O)CCNC(=O)[C@H](O)C(C)(C)COP(=O)(O)OP(=O)(O)OC[C@H]1O[C@@H](n2cnc3c(N)ncnc32)[C@H](O)[C@@H]1OP(=O)(O)O. The monoisotopic (exact) mass is 1200 g/mol. The number of fused-ring (bicyclic) bond motifs is 6. The molecule has 448 valence electrons. The molecule has 12 N–H and O–H groups in total. The Balaban J connectivity index is 0.766. The Kier molecular flexibility index (Phi) is 20.2. The van der Waals surface area contributed by atoms with Crippen LogP contribution in [-0.2, 0) is 50.7 Å². The van der Waals surface area contributed by atoms with Crippen molar-refractivity contribution in [1.29, 1.82) is 0 Å². The fourth-order valence-electron chi connectivity index (χ4n) is 14.1. The van der Waals surface area contributed by atoms with Gasteiger partial charge in [-0.3, -0.25) is 32.5 Å². The van der Waals surface area contributed by atoms with E-state index in [9.17, 15) is 68.1 Å². The summed E-state index contributed by atoms with van der Waals surface area (Å²) in [5.74, 6) is 1.10. The van der Waals surface area contributed by atoms with E-state index in [0.717, 1.165) is 86.8 Å². The van der Waals surface area contributed by atoms with Crippen molar-refractivity contribution in [3.8, 4) is 0 Å². The van der Waals surface area contributed by atoms with Crippen molar-refractivity contribution in [2.24, 2.45) is 57.2 Å². The minimum Gasteiger partial charge on any atom is -0.393 e. The Morgan fingerprint density at radius 3 is 2.34 bits per heavy atom. The van der Waals surface area contributed by atoms with Crippen LogP contribution in [0.2, 0.25) is 0 Å². The molecule has 2 amide bonds. The molecule has 4 aliphatic carbocycles. The van der Waals surface area contributed by atoms with Crippen molar-refractivity contribution in [3.63, 3.8) is 0 Å². The molecule has 2 aromatic heterocycles. The van der Waals surface area contributed by atoms with Gasteiger partial charge in [0.15, 0.2) is 22.8 Å². The van der Waals surface area contributed by atoms with Gasteiger partial charge in [-0.15, -0.1) is 0 Å². The molecular weight excluding hydrogens is 1120 g/mol. The largest absolute Gasteiger partial charge is 0.481 e. The summed E-state index contributed by atoms with van der Waals surface area (Å²) in [6.45, 7) is 12.0. The van der Waals surface area contributed by atoms with E-state index in [1.807, 2.05) is 6.92 Å². The normalized spacial score (nSPS) is 34.6. The van der Waals surface area contributed by atoms with Crippen LogP contribution in [0, 0.1) is 57.2 Å². The fourth-order valence-corrected chi connectivity index (χ4v) is 17.7. The standard InChI is InChI=1S/C49H82N7O19P3S/c1-27(30-11-12-31-36-32(14-16-48(30,31)6)49(7)17-13-29(57)21-47(49,5)22-33(36)58)9-8-10-28(2)45(63)79-20-19-51-35(59)15-18-52-43(62)40(61)46(3,4)24-72-78(69,70)75-77(67,68)71-23-34-39(74-76(64,65)66)38(60)44(73-34)56-26-55-37-41(50)53-25-54-42(37)56/h25-34,36,38-40,44,57-58,60-61H,8-24H2,1-7H3,(H,51,59)(H,52,62)(H,67,68)(H,69,70)(H2,50,53,54)(H2,64,65,66)/t27-,28?,29-,30-,31+,32+,33-,34-,36+,38-,39-,40+,44-,47+,48-,49-/m1/s1. The summed E-state index contributed by atoms with van der Waals surface area (Å²) < 4.78 is 62.8. The number of nitrogens with two attached hydrogens (primary N) is 1. The highest BCUT2D eigenvalue weighted by Gasteiger charge is 2.66. The van der Waals surface area contributed by atoms with Crippen molar-refractivity contribution in [1.82, 2.24) is 30.2 Å². The molecule has 2 aromatic rings. The summed E-state index contributed by atoms with van der Waals surface area (Å²) in [6.07, 6.45) is 3.20. The lowest BCUT2D eigenvalue weighted by atomic mass is 9.39. The predicted molar refractivity (Wildman–Crippen MR) is 287 cm³/mol. The van der Waals surface area contributed by atoms with Crippen LogP contribution < -0.4 is 16.4 Å². The lowest BCUT2D eigenvalue weighted by molar-refractivity contribution is -0.210. The van der Waals surface area contributed by atoms with E-state index in [0.29, 0.717) is 35.3 Å². The van der Waals surface area contributed by atoms with Crippen molar-refractivity contribution < 1.29 is 90.7 Å². The third kappa shape index (κ3) is 14.5. The van der Waals surface area contributed by atoms with E-state index in [1.165, 1.54) is 26.7 Å². The van der Waals surface area contributed by atoms with E-state index >= 15 is 0 Å². The molecule has 3 heterocycles. The van der Waals surface area contributed by atoms with E-state index < -0.39 is 84.6 Å². The molecule has 7 rings (SSSR count). The van der Waals surface area contributed by atoms with Gasteiger partial charge in [-0.1, -0.05) is 73.1 Å². The number of anilines is 1. The van der Waals surface area contributed by atoms with Gasteiger partial charge in [-0.05, 0) is 104 Å². The Morgan fingerprint density at radius 1 is 0.924 bits per heavy atom. The maximum atomic E-state index is 13.1. The summed E-state index contributed by atoms with van der Waals surface area (Å²) >= 11 is 1.16. The zero-order valence-electron chi connectivity index (χ0n) is 45.9. The summed E-state index contributed by atoms with van der Waals surface area (Å²) in [4.78, 5) is 89.9. The first-order valence-electron chi connectivity index (χ1n) is 27.1. The Morgan fingerprint density at radius 2 is 1.63 bits per heavy atom. The van der Waals surface area contributed by atoms with Crippen LogP contribution >= 0.6 is 35.2 Å². The third-order valence-electron chi connectivity index (χ3n) is 18.5. The van der Waals surface area contributed by atoms with Crippen LogP contribution in [0.15, 0.2) is 12.7 Å². The van der Waals surface area contributed by atoms with Gasteiger partial charge in [-0.2, -0.15) is 4.31 Å². The number of phosphoric acid groups is 3. The number of thioether (sulfide) groups is 1. The predicted octanol–water partition coefficient (Wildman–Crippen LogP) is 4.49. The van der Waals surface area contributed by atoms with Gasteiger partial charge in [-0.25, -0.2) is 28.6 Å². The zero-order valence-corrected chi connectivity index (χ0v) is 49.4. The number of hydrogen-bond acceptors (Lipinski definition) is 20. The number of aliphatic hydroxyl groups excluding tert-OH is 4. The van der Waals surface area contributed by atoms with Crippen LogP contribution in [0.25, 0.3) is 11.2 Å². The summed E-state index contributed by atoms with van der Waals surface area (Å²) in [5, 5.41) is 49.3. The maximum absolute atomic E-state index is 13.1. The van der Waals surface area contributed by atoms with E-state index in [2.05, 4.69) is 62.1 Å². The number of carbonyl (C=O) groups excluding carboxylic acids is 3. The minimum atomic E-state index is -5.60. The van der Waals surface area contributed by atoms with E-state index in [4.69, 9.17) is 19.5 Å². The summed E-state index contributed by atoms with van der Waals surface area (Å²) in [5.41, 5.74) is 4.55.